The van der Waals surface area contributed by atoms with Crippen LogP contribution in [0.4, 0.5) is 5.82 Å². The zero-order valence-corrected chi connectivity index (χ0v) is 10.3. The molecule has 0 aliphatic carbocycles. The summed E-state index contributed by atoms with van der Waals surface area (Å²) >= 11 is 0. The van der Waals surface area contributed by atoms with Crippen LogP contribution in [0.1, 0.15) is 17.4 Å². The summed E-state index contributed by atoms with van der Waals surface area (Å²) in [7, 11) is 0. The number of esters is 1. The van der Waals surface area contributed by atoms with Crippen LogP contribution >= 0.6 is 0 Å². The second kappa shape index (κ2) is 4.61. The number of benzene rings is 1. The summed E-state index contributed by atoms with van der Waals surface area (Å²) in [5.74, 6) is 0.776. The molecule has 96 valence electrons. The van der Waals surface area contributed by atoms with Crippen LogP contribution in [0.3, 0.4) is 0 Å². The first kappa shape index (κ1) is 11.5. The Morgan fingerprint density at radius 1 is 1.26 bits per heavy atom. The van der Waals surface area contributed by atoms with Crippen molar-refractivity contribution in [2.45, 2.75) is 13.0 Å². The molecule has 1 N–H and O–H groups in total. The van der Waals surface area contributed by atoms with E-state index in [2.05, 4.69) is 10.5 Å². The lowest BCUT2D eigenvalue weighted by molar-refractivity contribution is -0.139. The highest BCUT2D eigenvalue weighted by Crippen LogP contribution is 2.28. The fraction of sp³-hybridized carbons (Fsp3) is 0.143. The molecule has 0 fully saturated rings. The van der Waals surface area contributed by atoms with E-state index >= 15 is 0 Å². The van der Waals surface area contributed by atoms with Gasteiger partial charge in [-0.1, -0.05) is 35.5 Å². The Hall–Kier alpha value is -2.56. The van der Waals surface area contributed by atoms with Gasteiger partial charge in [0, 0.05) is 6.07 Å². The van der Waals surface area contributed by atoms with Gasteiger partial charge in [0.05, 0.1) is 0 Å². The van der Waals surface area contributed by atoms with Gasteiger partial charge in [-0.05, 0) is 18.6 Å². The van der Waals surface area contributed by atoms with E-state index in [-0.39, 0.29) is 6.10 Å². The maximum Gasteiger partial charge on any atom is 0.355 e. The summed E-state index contributed by atoms with van der Waals surface area (Å²) in [6.45, 7) is 1.78. The molecule has 1 aromatic heterocycles. The average Bonchev–Trinajstić information content (AvgIpc) is 2.98. The van der Waals surface area contributed by atoms with E-state index in [1.807, 2.05) is 30.3 Å². The Morgan fingerprint density at radius 2 is 2.05 bits per heavy atom. The number of carbonyl (C=O) groups is 1. The summed E-state index contributed by atoms with van der Waals surface area (Å²) in [5, 5.41) is 6.67. The predicted octanol–water partition coefficient (Wildman–Crippen LogP) is 2.58. The smallest absolute Gasteiger partial charge is 0.355 e. The Bertz CT molecular complexity index is 631. The van der Waals surface area contributed by atoms with E-state index in [1.165, 1.54) is 0 Å². The third-order valence-corrected chi connectivity index (χ3v) is 2.79. The Morgan fingerprint density at radius 3 is 2.74 bits per heavy atom. The predicted molar refractivity (Wildman–Crippen MR) is 68.2 cm³/mol. The largest absolute Gasteiger partial charge is 0.448 e. The SMILES string of the molecule is Cc1cc(NC2=CC(c3ccccc3)OC2=O)no1. The molecule has 0 bridgehead atoms. The molecule has 0 amide bonds. The summed E-state index contributed by atoms with van der Waals surface area (Å²) in [4.78, 5) is 11.8. The molecule has 19 heavy (non-hydrogen) atoms. The third-order valence-electron chi connectivity index (χ3n) is 2.79. The van der Waals surface area contributed by atoms with Gasteiger partial charge < -0.3 is 14.6 Å². The fourth-order valence-electron chi connectivity index (χ4n) is 1.90. The molecule has 1 aromatic carbocycles. The van der Waals surface area contributed by atoms with Crippen LogP contribution in [-0.4, -0.2) is 11.1 Å². The van der Waals surface area contributed by atoms with Gasteiger partial charge in [-0.3, -0.25) is 0 Å². The highest BCUT2D eigenvalue weighted by atomic mass is 16.5. The van der Waals surface area contributed by atoms with E-state index in [0.717, 1.165) is 5.56 Å². The number of aromatic nitrogens is 1. The van der Waals surface area contributed by atoms with Crippen molar-refractivity contribution in [3.05, 3.63) is 59.5 Å². The van der Waals surface area contributed by atoms with Crippen molar-refractivity contribution in [3.8, 4) is 0 Å². The molecule has 1 unspecified atom stereocenters. The second-order valence-electron chi connectivity index (χ2n) is 4.26. The molecule has 5 heteroatoms. The summed E-state index contributed by atoms with van der Waals surface area (Å²) in [6, 6.07) is 11.3. The lowest BCUT2D eigenvalue weighted by Crippen LogP contribution is -2.08. The lowest BCUT2D eigenvalue weighted by Gasteiger charge is -2.06. The zero-order valence-electron chi connectivity index (χ0n) is 10.3. The Labute approximate surface area is 109 Å². The third kappa shape index (κ3) is 2.35. The van der Waals surface area contributed by atoms with Crippen molar-refractivity contribution < 1.29 is 14.1 Å². The minimum absolute atomic E-state index is 0.357. The highest BCUT2D eigenvalue weighted by molar-refractivity contribution is 5.94. The van der Waals surface area contributed by atoms with E-state index in [4.69, 9.17) is 9.26 Å². The fourth-order valence-corrected chi connectivity index (χ4v) is 1.90. The van der Waals surface area contributed by atoms with Crippen molar-refractivity contribution in [3.63, 3.8) is 0 Å². The molecule has 0 saturated heterocycles. The maximum absolute atomic E-state index is 11.8. The topological polar surface area (TPSA) is 64.4 Å². The summed E-state index contributed by atoms with van der Waals surface area (Å²) in [6.07, 6.45) is 1.38. The number of hydrogen-bond acceptors (Lipinski definition) is 5. The lowest BCUT2D eigenvalue weighted by atomic mass is 10.1. The van der Waals surface area contributed by atoms with Gasteiger partial charge >= 0.3 is 5.97 Å². The van der Waals surface area contributed by atoms with Crippen LogP contribution in [0.2, 0.25) is 0 Å². The molecule has 1 atom stereocenters. The van der Waals surface area contributed by atoms with Crippen molar-refractivity contribution in [2.75, 3.05) is 5.32 Å². The maximum atomic E-state index is 11.8. The van der Waals surface area contributed by atoms with Gasteiger partial charge in [0.15, 0.2) is 5.82 Å². The second-order valence-corrected chi connectivity index (χ2v) is 4.26. The molecular formula is C14H12N2O3. The van der Waals surface area contributed by atoms with Crippen molar-refractivity contribution in [1.29, 1.82) is 0 Å². The first-order valence-corrected chi connectivity index (χ1v) is 5.90. The number of cyclic esters (lactones) is 1. The zero-order chi connectivity index (χ0) is 13.2. The van der Waals surface area contributed by atoms with Crippen molar-refractivity contribution >= 4 is 11.8 Å². The van der Waals surface area contributed by atoms with Crippen LogP contribution in [0, 0.1) is 6.92 Å². The molecule has 3 rings (SSSR count). The molecular weight excluding hydrogens is 244 g/mol. The normalized spacial score (nSPS) is 18.1. The van der Waals surface area contributed by atoms with E-state index < -0.39 is 5.97 Å². The summed E-state index contributed by atoms with van der Waals surface area (Å²) in [5.41, 5.74) is 1.31. The number of ether oxygens (including phenoxy) is 1. The quantitative estimate of drug-likeness (QED) is 0.855. The number of anilines is 1. The highest BCUT2D eigenvalue weighted by Gasteiger charge is 2.27. The minimum atomic E-state index is -0.394. The van der Waals surface area contributed by atoms with Gasteiger partial charge in [-0.15, -0.1) is 0 Å². The van der Waals surface area contributed by atoms with Crippen LogP contribution in [0.5, 0.6) is 0 Å². The van der Waals surface area contributed by atoms with Gasteiger partial charge in [-0.2, -0.15) is 0 Å². The number of rotatable bonds is 3. The van der Waals surface area contributed by atoms with Crippen LogP contribution < -0.4 is 5.32 Å². The number of hydrogen-bond donors (Lipinski definition) is 1. The van der Waals surface area contributed by atoms with E-state index in [1.54, 1.807) is 19.1 Å². The number of carbonyl (C=O) groups excluding carboxylic acids is 1. The van der Waals surface area contributed by atoms with Gasteiger partial charge in [0.1, 0.15) is 17.6 Å². The Kier molecular flexibility index (Phi) is 2.79. The van der Waals surface area contributed by atoms with Gasteiger partial charge in [0.25, 0.3) is 0 Å². The van der Waals surface area contributed by atoms with Crippen molar-refractivity contribution in [1.82, 2.24) is 5.16 Å². The van der Waals surface area contributed by atoms with Gasteiger partial charge in [0.2, 0.25) is 0 Å². The van der Waals surface area contributed by atoms with Crippen LogP contribution in [0.25, 0.3) is 0 Å². The number of aryl methyl sites for hydroxylation is 1. The Balaban J connectivity index is 1.80. The molecule has 0 saturated carbocycles. The molecule has 5 nitrogen and oxygen atoms in total. The molecule has 0 radical (unpaired) electrons. The summed E-state index contributed by atoms with van der Waals surface area (Å²) < 4.78 is 10.2. The number of nitrogens with one attached hydrogen (secondary N) is 1. The standard InChI is InChI=1S/C14H12N2O3/c1-9-7-13(16-19-9)15-11-8-12(18-14(11)17)10-5-3-2-4-6-10/h2-8,12H,1H3,(H,15,16). The molecule has 1 aliphatic rings. The molecule has 1 aliphatic heterocycles. The average molecular weight is 256 g/mol. The molecule has 0 spiro atoms. The first-order valence-electron chi connectivity index (χ1n) is 5.90. The minimum Gasteiger partial charge on any atom is -0.448 e. The van der Waals surface area contributed by atoms with E-state index in [9.17, 15) is 4.79 Å². The van der Waals surface area contributed by atoms with Crippen LogP contribution in [-0.2, 0) is 9.53 Å². The first-order chi connectivity index (χ1) is 9.22. The van der Waals surface area contributed by atoms with E-state index in [0.29, 0.717) is 17.3 Å². The monoisotopic (exact) mass is 256 g/mol. The molecule has 2 heterocycles. The van der Waals surface area contributed by atoms with Crippen LogP contribution in [0.15, 0.2) is 52.7 Å². The number of nitrogens with zero attached hydrogens (tertiary/aromatic N) is 1. The molecule has 2 aromatic rings. The van der Waals surface area contributed by atoms with Gasteiger partial charge in [-0.25, -0.2) is 4.79 Å². The van der Waals surface area contributed by atoms with Crippen molar-refractivity contribution in [2.24, 2.45) is 0 Å².